The van der Waals surface area contributed by atoms with Gasteiger partial charge >= 0.3 is 11.9 Å². The summed E-state index contributed by atoms with van der Waals surface area (Å²) in [5.74, 6) is -5.38. The average Bonchev–Trinajstić information content (AvgIpc) is 1.58. The number of amides is 2. The molecule has 103 heavy (non-hydrogen) atoms. The second-order valence-corrected chi connectivity index (χ2v) is 29.2. The zero-order valence-electron chi connectivity index (χ0n) is 61.3. The maximum Gasteiger partial charge on any atom is 0.304 e. The fourth-order valence-corrected chi connectivity index (χ4v) is 16.1. The van der Waals surface area contributed by atoms with E-state index in [1.54, 1.807) is 25.9 Å². The second kappa shape index (κ2) is 39.3. The number of benzene rings is 4. The first-order valence-electron chi connectivity index (χ1n) is 35.7. The predicted octanol–water partition coefficient (Wildman–Crippen LogP) is 9.26. The monoisotopic (exact) mass is 1440 g/mol. The van der Waals surface area contributed by atoms with Gasteiger partial charge in [0, 0.05) is 106 Å². The van der Waals surface area contributed by atoms with Crippen LogP contribution in [0.25, 0.3) is 0 Å². The van der Waals surface area contributed by atoms with Crippen LogP contribution in [0.4, 0.5) is 0 Å². The summed E-state index contributed by atoms with van der Waals surface area (Å²) in [5, 5.41) is 82.2. The highest BCUT2D eigenvalue weighted by Crippen LogP contribution is 2.53. The molecule has 6 fully saturated rings. The Morgan fingerprint density at radius 2 is 0.893 bits per heavy atom. The van der Waals surface area contributed by atoms with Crippen LogP contribution in [0.1, 0.15) is 142 Å². The topological polar surface area (TPSA) is 424 Å². The average molecular weight is 1440 g/mol. The van der Waals surface area contributed by atoms with Crippen LogP contribution in [0, 0.1) is 146 Å². The van der Waals surface area contributed by atoms with Gasteiger partial charge < -0.3 is 46.4 Å². The number of carbonyl (C=O) groups excluding carboxylic acids is 4. The van der Waals surface area contributed by atoms with Gasteiger partial charge in [-0.25, -0.2) is 0 Å². The van der Waals surface area contributed by atoms with Gasteiger partial charge in [0.05, 0.1) is 20.0 Å². The highest BCUT2D eigenvalue weighted by Gasteiger charge is 2.63. The van der Waals surface area contributed by atoms with E-state index in [2.05, 4.69) is 95.3 Å². The van der Waals surface area contributed by atoms with Crippen molar-refractivity contribution in [3.8, 4) is 5.75 Å². The molecule has 27 nitrogen and oxygen atoms in total. The van der Waals surface area contributed by atoms with Gasteiger partial charge in [0.2, 0.25) is 38.0 Å². The molecule has 2 amide bonds. The molecule has 0 radical (unpaired) electrons. The van der Waals surface area contributed by atoms with Crippen molar-refractivity contribution in [1.29, 1.82) is 0 Å². The lowest BCUT2D eigenvalue weighted by atomic mass is 9.88. The standard InChI is InChI=1S/C20H28N2O4.C18H24N2O5.C11H17N.2C9H13NO5.C9H13N/c1-13-6-7-16(9-14(13)2)5-4-8-21-19(23)10-18-17(12-22(25)26)15(3)11-20(18,21)24;1-12-10-18(22)16(15(12)11-20(23)24)9-17(21)19(18)7-6-13-4-3-5-14(8-13)25-2;1-9-5-6-11(4-3-7-12)8-10(9)2;2*1-5-2-8(11)6(3-9(12)13)7(5)4-10(14)15;1-8-3-2-4-9(7-8)5-6-10/h6-7,9,15,17-18,24H,4-5,8,10-12H2,1-3H3;3-5,8,12,15-16,22H,6-7,9-11H2,1-2H3;5-6,8H,3-4,7,12H2,1-2H3;2*5-7H,2-4H2,1H3,(H,12,13);2-4,7H,5-6,10H2,1H3/t15-,17+,18?,20?;12-,15+,16?,18?;;2*5-,6-,7+;/m00.00./s1. The number of ether oxygens (including phenoxy) is 1. The Hall–Kier alpha value is -8.66. The van der Waals surface area contributed by atoms with Crippen LogP contribution >= 0.6 is 0 Å². The third-order valence-corrected chi connectivity index (χ3v) is 21.8. The molecular weight excluding hydrogens is 1330 g/mol. The number of carbonyl (C=O) groups is 6. The third kappa shape index (κ3) is 24.2. The molecule has 8 N–H and O–H groups in total. The molecular formula is C76H108N8O19. The molecule has 566 valence electrons. The van der Waals surface area contributed by atoms with Crippen molar-refractivity contribution >= 4 is 35.3 Å². The molecule has 0 bridgehead atoms. The zero-order valence-corrected chi connectivity index (χ0v) is 61.3. The fraction of sp³-hybridized carbons (Fsp3) is 0.605. The number of nitrogens with two attached hydrogens (primary N) is 2. The van der Waals surface area contributed by atoms with Crippen LogP contribution in [0.3, 0.4) is 0 Å². The van der Waals surface area contributed by atoms with E-state index in [1.807, 2.05) is 38.1 Å². The normalized spacial score (nSPS) is 26.3. The first kappa shape index (κ1) is 85.0. The van der Waals surface area contributed by atoms with Crippen molar-refractivity contribution in [2.45, 2.75) is 164 Å². The first-order chi connectivity index (χ1) is 48.5. The van der Waals surface area contributed by atoms with Crippen LogP contribution in [0.2, 0.25) is 0 Å². The Kier molecular flexibility index (Phi) is 32.4. The van der Waals surface area contributed by atoms with Gasteiger partial charge in [-0.3, -0.25) is 69.2 Å². The fourth-order valence-electron chi connectivity index (χ4n) is 16.1. The Balaban J connectivity index is 0.000000230. The van der Waals surface area contributed by atoms with Gasteiger partial charge in [-0.05, 0) is 179 Å². The summed E-state index contributed by atoms with van der Waals surface area (Å²) >= 11 is 0. The summed E-state index contributed by atoms with van der Waals surface area (Å²) in [6, 6.07) is 29.1. The molecule has 0 aromatic heterocycles. The largest absolute Gasteiger partial charge is 0.497 e. The number of rotatable bonds is 25. The maximum absolute atomic E-state index is 12.5. The number of aliphatic hydroxyl groups is 2. The summed E-state index contributed by atoms with van der Waals surface area (Å²) in [7, 11) is 1.60. The minimum absolute atomic E-state index is 0.0211. The number of hydrogen-bond acceptors (Lipinski definition) is 19. The van der Waals surface area contributed by atoms with E-state index in [9.17, 15) is 79.4 Å². The van der Waals surface area contributed by atoms with Gasteiger partial charge in [-0.15, -0.1) is 0 Å². The minimum Gasteiger partial charge on any atom is -0.497 e. The molecule has 2 saturated heterocycles. The van der Waals surface area contributed by atoms with Crippen molar-refractivity contribution in [2.75, 3.05) is 59.5 Å². The van der Waals surface area contributed by atoms with Crippen LogP contribution in [-0.4, -0.2) is 156 Å². The van der Waals surface area contributed by atoms with E-state index in [1.165, 1.54) is 49.4 Å². The van der Waals surface area contributed by atoms with Crippen LogP contribution in [0.5, 0.6) is 5.75 Å². The van der Waals surface area contributed by atoms with E-state index in [0.29, 0.717) is 32.4 Å². The SMILES string of the molecule is COc1cccc(CCN2C(=O)CC3[C@H](C[N+](=O)[O-])[C@@H](C)CC32O)c1.C[C@H]1CC(=O)[C@@H](CC(=O)O)[C@@H]1C[N+](=O)[O-].C[C@H]1CC(=O)[C@@H](CC(=O)O)[C@@H]1C[N+](=O)[O-].Cc1ccc(CCCN)cc1C.Cc1ccc(CCCN2C(=O)CC3[C@H](C[N+](=O)[O-])[C@@H](C)CC32O)cc1C.Cc1cccc(CCN)c1. The van der Waals surface area contributed by atoms with Crippen LogP contribution in [-0.2, 0) is 54.5 Å². The minimum atomic E-state index is -1.25. The number of carboxylic acids is 2. The highest BCUT2D eigenvalue weighted by atomic mass is 16.6. The molecule has 4 saturated carbocycles. The molecule has 4 aromatic rings. The van der Waals surface area contributed by atoms with E-state index in [-0.39, 0.29) is 145 Å². The van der Waals surface area contributed by atoms with Crippen molar-refractivity contribution in [3.05, 3.63) is 175 Å². The molecule has 27 heteroatoms. The number of fused-ring (bicyclic) bond motifs is 2. The quantitative estimate of drug-likeness (QED) is 0.0266. The molecule has 2 heterocycles. The Morgan fingerprint density at radius 3 is 1.28 bits per heavy atom. The molecule has 14 atom stereocenters. The maximum atomic E-state index is 12.5. The third-order valence-electron chi connectivity index (χ3n) is 21.8. The molecule has 2 aliphatic heterocycles. The Bertz CT molecular complexity index is 3550. The smallest absolute Gasteiger partial charge is 0.304 e. The van der Waals surface area contributed by atoms with Crippen LogP contribution < -0.4 is 16.2 Å². The summed E-state index contributed by atoms with van der Waals surface area (Å²) in [6.45, 7) is 19.4. The summed E-state index contributed by atoms with van der Waals surface area (Å²) < 4.78 is 5.21. The zero-order chi connectivity index (χ0) is 76.8. The van der Waals surface area contributed by atoms with Gasteiger partial charge in [-0.1, -0.05) is 106 Å². The number of methoxy groups -OCH3 is 1. The number of aryl methyl sites for hydroxylation is 7. The Morgan fingerprint density at radius 1 is 0.495 bits per heavy atom. The number of nitrogens with zero attached hydrogens (tertiary/aromatic N) is 6. The first-order valence-corrected chi connectivity index (χ1v) is 35.7. The van der Waals surface area contributed by atoms with Crippen molar-refractivity contribution < 1.29 is 73.6 Å². The molecule has 10 rings (SSSR count). The summed E-state index contributed by atoms with van der Waals surface area (Å²) in [4.78, 5) is 113. The van der Waals surface area contributed by atoms with Crippen LogP contribution in [0.15, 0.2) is 84.9 Å². The molecule has 6 aliphatic rings. The van der Waals surface area contributed by atoms with Crippen molar-refractivity contribution in [1.82, 2.24) is 9.80 Å². The Labute approximate surface area is 603 Å². The number of ketones is 2. The summed E-state index contributed by atoms with van der Waals surface area (Å²) in [6.07, 6.45) is 6.60. The van der Waals surface area contributed by atoms with E-state index < -0.39 is 56.9 Å². The van der Waals surface area contributed by atoms with Gasteiger partial charge in [0.15, 0.2) is 0 Å². The van der Waals surface area contributed by atoms with Gasteiger partial charge in [0.25, 0.3) is 0 Å². The van der Waals surface area contributed by atoms with E-state index in [0.717, 1.165) is 56.5 Å². The van der Waals surface area contributed by atoms with E-state index >= 15 is 0 Å². The highest BCUT2D eigenvalue weighted by molar-refractivity contribution is 5.88. The van der Waals surface area contributed by atoms with Gasteiger partial charge in [-0.2, -0.15) is 0 Å². The molecule has 4 aliphatic carbocycles. The number of carboxylic acid groups (broad SMARTS) is 2. The number of nitro groups is 4. The second-order valence-electron chi connectivity index (χ2n) is 29.2. The molecule has 4 unspecified atom stereocenters. The summed E-state index contributed by atoms with van der Waals surface area (Å²) in [5.41, 5.74) is 20.0. The van der Waals surface area contributed by atoms with Crippen molar-refractivity contribution in [2.24, 2.45) is 82.5 Å². The number of Topliss-reactive ketones (excluding diaryl/α,β-unsaturated/α-hetero) is 2. The number of likely N-dealkylation sites (tertiary alicyclic amines) is 2. The lowest BCUT2D eigenvalue weighted by Gasteiger charge is -2.34. The van der Waals surface area contributed by atoms with Gasteiger partial charge in [0.1, 0.15) is 28.8 Å². The molecule has 0 spiro atoms. The molecule has 4 aromatic carbocycles. The predicted molar refractivity (Wildman–Crippen MR) is 386 cm³/mol. The van der Waals surface area contributed by atoms with E-state index in [4.69, 9.17) is 26.4 Å². The lowest BCUT2D eigenvalue weighted by molar-refractivity contribution is -0.491. The lowest BCUT2D eigenvalue weighted by Crippen LogP contribution is -2.48. The van der Waals surface area contributed by atoms with Crippen molar-refractivity contribution in [3.63, 3.8) is 0 Å². The number of hydrogen-bond donors (Lipinski definition) is 6. The number of aliphatic carboxylic acids is 2.